The summed E-state index contributed by atoms with van der Waals surface area (Å²) in [6, 6.07) is 17.0. The lowest BCUT2D eigenvalue weighted by molar-refractivity contribution is 0.0620. The predicted octanol–water partition coefficient (Wildman–Crippen LogP) is 2.95. The molecule has 26 heavy (non-hydrogen) atoms. The van der Waals surface area contributed by atoms with E-state index >= 15 is 0 Å². The van der Waals surface area contributed by atoms with Crippen LogP contribution in [0.5, 0.6) is 5.75 Å². The van der Waals surface area contributed by atoms with E-state index in [0.29, 0.717) is 17.9 Å². The molecule has 2 aromatic carbocycles. The van der Waals surface area contributed by atoms with Gasteiger partial charge in [0.2, 0.25) is 0 Å². The fraction of sp³-hybridized carbons (Fsp3) is 0.316. The Hall–Kier alpha value is -1.95. The van der Waals surface area contributed by atoms with Gasteiger partial charge >= 0.3 is 0 Å². The van der Waals surface area contributed by atoms with Crippen molar-refractivity contribution in [1.82, 2.24) is 9.80 Å². The van der Waals surface area contributed by atoms with Gasteiger partial charge in [-0.3, -0.25) is 9.69 Å². The minimum Gasteiger partial charge on any atom is -0.492 e. The van der Waals surface area contributed by atoms with Crippen molar-refractivity contribution in [1.29, 1.82) is 0 Å². The zero-order valence-corrected chi connectivity index (χ0v) is 16.2. The van der Waals surface area contributed by atoms with E-state index in [1.54, 1.807) is 12.1 Å². The molecular formula is C19H25Cl2N3O2. The standard InChI is InChI=1S/C19H23N3O2.2ClH/c20-17-6-4-5-16(15-17)19(23)22-11-9-21(10-12-22)13-14-24-18-7-2-1-3-8-18;;/h1-8,15H,9-14,20H2;2*1H. The van der Waals surface area contributed by atoms with Gasteiger partial charge in [-0.1, -0.05) is 24.3 Å². The Morgan fingerprint density at radius 3 is 2.31 bits per heavy atom. The normalized spacial score (nSPS) is 14.1. The third-order valence-corrected chi connectivity index (χ3v) is 4.21. The molecular weight excluding hydrogens is 373 g/mol. The summed E-state index contributed by atoms with van der Waals surface area (Å²) in [4.78, 5) is 16.7. The van der Waals surface area contributed by atoms with E-state index in [2.05, 4.69) is 4.90 Å². The second-order valence-electron chi connectivity index (χ2n) is 5.92. The third kappa shape index (κ3) is 6.09. The lowest BCUT2D eigenvalue weighted by atomic mass is 10.1. The fourth-order valence-electron chi connectivity index (χ4n) is 2.84. The summed E-state index contributed by atoms with van der Waals surface area (Å²) < 4.78 is 5.73. The van der Waals surface area contributed by atoms with Crippen LogP contribution in [0.25, 0.3) is 0 Å². The molecule has 2 aromatic rings. The number of piperazine rings is 1. The number of carbonyl (C=O) groups is 1. The molecule has 1 saturated heterocycles. The van der Waals surface area contributed by atoms with Crippen LogP contribution >= 0.6 is 24.8 Å². The molecule has 1 aliphatic heterocycles. The summed E-state index contributed by atoms with van der Waals surface area (Å²) in [5, 5.41) is 0. The van der Waals surface area contributed by atoms with E-state index in [0.717, 1.165) is 38.5 Å². The first-order valence-electron chi connectivity index (χ1n) is 8.27. The highest BCUT2D eigenvalue weighted by molar-refractivity contribution is 5.95. The minimum atomic E-state index is 0. The molecule has 3 rings (SSSR count). The summed E-state index contributed by atoms with van der Waals surface area (Å²) >= 11 is 0. The van der Waals surface area contributed by atoms with Crippen LogP contribution in [0, 0.1) is 0 Å². The first kappa shape index (κ1) is 22.1. The number of benzene rings is 2. The summed E-state index contributed by atoms with van der Waals surface area (Å²) in [6.45, 7) is 4.73. The Balaban J connectivity index is 0.00000169. The number of ether oxygens (including phenoxy) is 1. The third-order valence-electron chi connectivity index (χ3n) is 4.21. The Bertz CT molecular complexity index is 677. The smallest absolute Gasteiger partial charge is 0.254 e. The largest absolute Gasteiger partial charge is 0.492 e. The van der Waals surface area contributed by atoms with Crippen LogP contribution in [0.3, 0.4) is 0 Å². The van der Waals surface area contributed by atoms with Crippen LogP contribution in [0.15, 0.2) is 54.6 Å². The number of hydrogen-bond acceptors (Lipinski definition) is 4. The second-order valence-corrected chi connectivity index (χ2v) is 5.92. The molecule has 1 aliphatic rings. The van der Waals surface area contributed by atoms with E-state index in [-0.39, 0.29) is 30.7 Å². The van der Waals surface area contributed by atoms with Crippen LogP contribution in [-0.4, -0.2) is 55.0 Å². The molecule has 1 heterocycles. The van der Waals surface area contributed by atoms with E-state index in [1.165, 1.54) is 0 Å². The number of hydrogen-bond donors (Lipinski definition) is 1. The van der Waals surface area contributed by atoms with Crippen LogP contribution < -0.4 is 10.5 Å². The summed E-state index contributed by atoms with van der Waals surface area (Å²) in [5.41, 5.74) is 7.04. The summed E-state index contributed by atoms with van der Waals surface area (Å²) in [6.07, 6.45) is 0. The average Bonchev–Trinajstić information content (AvgIpc) is 2.63. The highest BCUT2D eigenvalue weighted by Crippen LogP contribution is 2.12. The molecule has 0 aliphatic carbocycles. The molecule has 7 heteroatoms. The van der Waals surface area contributed by atoms with E-state index in [1.807, 2.05) is 47.4 Å². The van der Waals surface area contributed by atoms with Gasteiger partial charge in [0.25, 0.3) is 5.91 Å². The molecule has 0 radical (unpaired) electrons. The highest BCUT2D eigenvalue weighted by Gasteiger charge is 2.22. The van der Waals surface area contributed by atoms with Crippen molar-refractivity contribution >= 4 is 36.4 Å². The molecule has 5 nitrogen and oxygen atoms in total. The van der Waals surface area contributed by atoms with E-state index < -0.39 is 0 Å². The Kier molecular flexibility index (Phi) is 9.27. The SMILES string of the molecule is Cl.Cl.Nc1cccc(C(=O)N2CCN(CCOc3ccccc3)CC2)c1. The van der Waals surface area contributed by atoms with Crippen molar-refractivity contribution in [2.75, 3.05) is 45.1 Å². The summed E-state index contributed by atoms with van der Waals surface area (Å²) in [7, 11) is 0. The van der Waals surface area contributed by atoms with Crippen LogP contribution in [0.4, 0.5) is 5.69 Å². The first-order valence-corrected chi connectivity index (χ1v) is 8.27. The van der Waals surface area contributed by atoms with Crippen molar-refractivity contribution < 1.29 is 9.53 Å². The average molecular weight is 398 g/mol. The van der Waals surface area contributed by atoms with Crippen LogP contribution in [0.1, 0.15) is 10.4 Å². The number of para-hydroxylation sites is 1. The van der Waals surface area contributed by atoms with Crippen molar-refractivity contribution in [2.24, 2.45) is 0 Å². The van der Waals surface area contributed by atoms with Gasteiger partial charge in [0.15, 0.2) is 0 Å². The van der Waals surface area contributed by atoms with Crippen LogP contribution in [-0.2, 0) is 0 Å². The molecule has 0 unspecified atom stereocenters. The van der Waals surface area contributed by atoms with E-state index in [9.17, 15) is 4.79 Å². The minimum absolute atomic E-state index is 0. The van der Waals surface area contributed by atoms with Gasteiger partial charge in [0.05, 0.1) is 0 Å². The molecule has 0 spiro atoms. The number of rotatable bonds is 5. The van der Waals surface area contributed by atoms with Crippen LogP contribution in [0.2, 0.25) is 0 Å². The van der Waals surface area contributed by atoms with Gasteiger partial charge in [0.1, 0.15) is 12.4 Å². The number of amides is 1. The van der Waals surface area contributed by atoms with Gasteiger partial charge in [-0.25, -0.2) is 0 Å². The van der Waals surface area contributed by atoms with E-state index in [4.69, 9.17) is 10.5 Å². The number of nitrogen functional groups attached to an aromatic ring is 1. The van der Waals surface area contributed by atoms with Gasteiger partial charge in [-0.05, 0) is 30.3 Å². The Morgan fingerprint density at radius 1 is 0.962 bits per heavy atom. The van der Waals surface area contributed by atoms with Crippen molar-refractivity contribution in [3.05, 3.63) is 60.2 Å². The molecule has 2 N–H and O–H groups in total. The van der Waals surface area contributed by atoms with Crippen molar-refractivity contribution in [2.45, 2.75) is 0 Å². The zero-order chi connectivity index (χ0) is 16.8. The molecule has 1 fully saturated rings. The lowest BCUT2D eigenvalue weighted by Gasteiger charge is -2.34. The Morgan fingerprint density at radius 2 is 1.65 bits per heavy atom. The molecule has 1 amide bonds. The number of nitrogens with two attached hydrogens (primary N) is 1. The number of halogens is 2. The van der Waals surface area contributed by atoms with Crippen molar-refractivity contribution in [3.8, 4) is 5.75 Å². The molecule has 0 aromatic heterocycles. The lowest BCUT2D eigenvalue weighted by Crippen LogP contribution is -2.49. The second kappa shape index (κ2) is 10.9. The van der Waals surface area contributed by atoms with Gasteiger partial charge in [0, 0.05) is 44.0 Å². The number of anilines is 1. The monoisotopic (exact) mass is 397 g/mol. The number of nitrogens with zero attached hydrogens (tertiary/aromatic N) is 2. The zero-order valence-electron chi connectivity index (χ0n) is 14.5. The highest BCUT2D eigenvalue weighted by atomic mass is 35.5. The topological polar surface area (TPSA) is 58.8 Å². The molecule has 142 valence electrons. The van der Waals surface area contributed by atoms with Gasteiger partial charge in [-0.2, -0.15) is 0 Å². The maximum Gasteiger partial charge on any atom is 0.254 e. The maximum absolute atomic E-state index is 12.5. The quantitative estimate of drug-likeness (QED) is 0.787. The van der Waals surface area contributed by atoms with Gasteiger partial charge < -0.3 is 15.4 Å². The van der Waals surface area contributed by atoms with Crippen molar-refractivity contribution in [3.63, 3.8) is 0 Å². The summed E-state index contributed by atoms with van der Waals surface area (Å²) in [5.74, 6) is 0.954. The molecule has 0 bridgehead atoms. The molecule has 0 atom stereocenters. The Labute approximate surface area is 166 Å². The molecule has 0 saturated carbocycles. The number of carbonyl (C=O) groups excluding carboxylic acids is 1. The predicted molar refractivity (Wildman–Crippen MR) is 110 cm³/mol. The fourth-order valence-corrected chi connectivity index (χ4v) is 2.84. The maximum atomic E-state index is 12.5. The van der Waals surface area contributed by atoms with Gasteiger partial charge in [-0.15, -0.1) is 24.8 Å². The first-order chi connectivity index (χ1) is 11.7.